The largest absolute Gasteiger partial charge is 1.00 e. The Bertz CT molecular complexity index is 697. The van der Waals surface area contributed by atoms with E-state index in [2.05, 4.69) is 56.9 Å². The predicted octanol–water partition coefficient (Wildman–Crippen LogP) is -1.46. The fourth-order valence-electron chi connectivity index (χ4n) is 1.27. The summed E-state index contributed by atoms with van der Waals surface area (Å²) in [6.45, 7) is -1.31. The van der Waals surface area contributed by atoms with Crippen molar-refractivity contribution in [2.75, 3.05) is 6.79 Å². The van der Waals surface area contributed by atoms with Crippen molar-refractivity contribution in [2.45, 2.75) is 0 Å². The van der Waals surface area contributed by atoms with Crippen LogP contribution in [0.25, 0.3) is 10.8 Å². The molecule has 0 saturated heterocycles. The van der Waals surface area contributed by atoms with Crippen molar-refractivity contribution in [1.29, 1.82) is 0 Å². The van der Waals surface area contributed by atoms with E-state index in [1.807, 2.05) is 0 Å². The minimum Gasteiger partial charge on any atom is -1.00 e. The monoisotopic (exact) mass is 360 g/mol. The Balaban J connectivity index is 0. The molecule has 118 valence electrons. The van der Waals surface area contributed by atoms with Gasteiger partial charge in [0.15, 0.2) is 6.79 Å². The zero-order valence-corrected chi connectivity index (χ0v) is 15.1. The molecule has 2 aromatic carbocycles. The standard InChI is InChI=1S/C10H8.CH4O8S2.Na.H/c1-2-6-10-8-4-3-7-9(10)5-1;2-10(3,4)8-1-9-11(5,6)7;;/h1-8H;1H2,(H,2,3,4)(H,5,6,7);;/q;;+1;-1. The molecule has 0 radical (unpaired) electrons. The van der Waals surface area contributed by atoms with E-state index in [-0.39, 0.29) is 31.0 Å². The van der Waals surface area contributed by atoms with Crippen LogP contribution >= 0.6 is 0 Å². The SMILES string of the molecule is O=S(=O)(O)OCOS(=O)(=O)O.[H-].[Na+].c1ccc2ccccc2c1. The Labute approximate surface area is 151 Å². The molecule has 0 heterocycles. The molecular weight excluding hydrogens is 347 g/mol. The smallest absolute Gasteiger partial charge is 1.00 e. The van der Waals surface area contributed by atoms with Crippen LogP contribution < -0.4 is 29.6 Å². The molecule has 0 fully saturated rings. The summed E-state index contributed by atoms with van der Waals surface area (Å²) in [4.78, 5) is 0. The molecule has 2 rings (SSSR count). The maximum Gasteiger partial charge on any atom is 1.00 e. The molecule has 0 spiro atoms. The summed E-state index contributed by atoms with van der Waals surface area (Å²) >= 11 is 0. The summed E-state index contributed by atoms with van der Waals surface area (Å²) < 4.78 is 61.1. The normalized spacial score (nSPS) is 11.2. The average Bonchev–Trinajstić information content (AvgIpc) is 2.36. The fraction of sp³-hybridized carbons (Fsp3) is 0.0909. The molecule has 0 bridgehead atoms. The van der Waals surface area contributed by atoms with Crippen molar-refractivity contribution < 1.29 is 65.3 Å². The van der Waals surface area contributed by atoms with Gasteiger partial charge >= 0.3 is 50.4 Å². The topological polar surface area (TPSA) is 127 Å². The van der Waals surface area contributed by atoms with Gasteiger partial charge in [-0.15, -0.1) is 0 Å². The zero-order chi connectivity index (χ0) is 15.9. The van der Waals surface area contributed by atoms with E-state index in [0.717, 1.165) is 0 Å². The summed E-state index contributed by atoms with van der Waals surface area (Å²) in [5.74, 6) is 0. The number of benzene rings is 2. The van der Waals surface area contributed by atoms with Gasteiger partial charge in [0.05, 0.1) is 0 Å². The van der Waals surface area contributed by atoms with Crippen LogP contribution in [0.3, 0.4) is 0 Å². The first-order valence-electron chi connectivity index (χ1n) is 5.35. The van der Waals surface area contributed by atoms with E-state index in [9.17, 15) is 16.8 Å². The summed E-state index contributed by atoms with van der Waals surface area (Å²) in [5, 5.41) is 2.62. The second kappa shape index (κ2) is 9.55. The second-order valence-corrected chi connectivity index (χ2v) is 5.74. The van der Waals surface area contributed by atoms with Crippen LogP contribution in [0.15, 0.2) is 48.5 Å². The van der Waals surface area contributed by atoms with Crippen LogP contribution in [0.2, 0.25) is 0 Å². The summed E-state index contributed by atoms with van der Waals surface area (Å²) in [6, 6.07) is 16.7. The van der Waals surface area contributed by atoms with E-state index in [1.165, 1.54) is 10.8 Å². The van der Waals surface area contributed by atoms with Crippen molar-refractivity contribution in [1.82, 2.24) is 0 Å². The quantitative estimate of drug-likeness (QED) is 0.385. The third-order valence-electron chi connectivity index (χ3n) is 2.05. The van der Waals surface area contributed by atoms with Gasteiger partial charge in [-0.05, 0) is 10.8 Å². The molecule has 11 heteroatoms. The zero-order valence-electron chi connectivity index (χ0n) is 12.5. The Morgan fingerprint density at radius 2 is 1.05 bits per heavy atom. The molecule has 0 saturated carbocycles. The first kappa shape index (κ1) is 21.4. The summed E-state index contributed by atoms with van der Waals surface area (Å²) in [7, 11) is -9.49. The van der Waals surface area contributed by atoms with Crippen molar-refractivity contribution in [3.63, 3.8) is 0 Å². The maximum absolute atomic E-state index is 9.69. The van der Waals surface area contributed by atoms with Gasteiger partial charge in [0, 0.05) is 0 Å². The molecule has 0 unspecified atom stereocenters. The fourth-order valence-corrected chi connectivity index (χ4v) is 1.67. The first-order chi connectivity index (χ1) is 9.67. The van der Waals surface area contributed by atoms with Gasteiger partial charge in [-0.1, -0.05) is 48.5 Å². The molecule has 0 aliphatic heterocycles. The van der Waals surface area contributed by atoms with E-state index in [1.54, 1.807) is 0 Å². The first-order valence-corrected chi connectivity index (χ1v) is 8.08. The Morgan fingerprint density at radius 1 is 0.773 bits per heavy atom. The number of hydrogen-bond acceptors (Lipinski definition) is 6. The molecular formula is C11H13NaO8S2. The molecule has 0 aliphatic carbocycles. The van der Waals surface area contributed by atoms with E-state index in [0.29, 0.717) is 0 Å². The van der Waals surface area contributed by atoms with Gasteiger partial charge in [0.1, 0.15) is 0 Å². The van der Waals surface area contributed by atoms with Crippen LogP contribution in [0.1, 0.15) is 1.43 Å². The third-order valence-corrected chi connectivity index (χ3v) is 2.84. The molecule has 0 aliphatic rings. The van der Waals surface area contributed by atoms with Crippen molar-refractivity contribution in [3.8, 4) is 0 Å². The molecule has 2 N–H and O–H groups in total. The average molecular weight is 360 g/mol. The molecule has 0 atom stereocenters. The number of rotatable bonds is 4. The number of hydrogen-bond donors (Lipinski definition) is 2. The molecule has 0 aromatic heterocycles. The van der Waals surface area contributed by atoms with Crippen LogP contribution in [0, 0.1) is 0 Å². The van der Waals surface area contributed by atoms with Crippen LogP contribution in [-0.2, 0) is 29.2 Å². The second-order valence-electron chi connectivity index (χ2n) is 3.56. The minimum atomic E-state index is -4.75. The van der Waals surface area contributed by atoms with E-state index in [4.69, 9.17) is 9.11 Å². The Morgan fingerprint density at radius 3 is 1.27 bits per heavy atom. The van der Waals surface area contributed by atoms with Gasteiger partial charge in [0.2, 0.25) is 0 Å². The van der Waals surface area contributed by atoms with Crippen molar-refractivity contribution in [3.05, 3.63) is 48.5 Å². The predicted molar refractivity (Wildman–Crippen MR) is 75.2 cm³/mol. The molecule has 8 nitrogen and oxygen atoms in total. The van der Waals surface area contributed by atoms with Gasteiger partial charge < -0.3 is 1.43 Å². The van der Waals surface area contributed by atoms with Crippen LogP contribution in [0.4, 0.5) is 0 Å². The van der Waals surface area contributed by atoms with E-state index < -0.39 is 27.6 Å². The van der Waals surface area contributed by atoms with E-state index >= 15 is 0 Å². The summed E-state index contributed by atoms with van der Waals surface area (Å²) in [5.41, 5.74) is 0. The number of fused-ring (bicyclic) bond motifs is 1. The van der Waals surface area contributed by atoms with Crippen molar-refractivity contribution >= 4 is 31.6 Å². The minimum absolute atomic E-state index is 0. The molecule has 0 amide bonds. The Hall–Kier alpha value is -0.560. The Kier molecular flexibility index (Phi) is 9.31. The molecule has 2 aromatic rings. The summed E-state index contributed by atoms with van der Waals surface area (Å²) in [6.07, 6.45) is 0. The van der Waals surface area contributed by atoms with Crippen LogP contribution in [-0.4, -0.2) is 32.7 Å². The van der Waals surface area contributed by atoms with Crippen molar-refractivity contribution in [2.24, 2.45) is 0 Å². The van der Waals surface area contributed by atoms with Crippen LogP contribution in [0.5, 0.6) is 0 Å². The third kappa shape index (κ3) is 10.2. The van der Waals surface area contributed by atoms with Gasteiger partial charge in [-0.2, -0.15) is 16.8 Å². The molecule has 22 heavy (non-hydrogen) atoms. The van der Waals surface area contributed by atoms with Gasteiger partial charge in [0.25, 0.3) is 0 Å². The van der Waals surface area contributed by atoms with Gasteiger partial charge in [-0.25, -0.2) is 8.37 Å². The maximum atomic E-state index is 9.69. The van der Waals surface area contributed by atoms with Gasteiger partial charge in [-0.3, -0.25) is 9.11 Å².